The van der Waals surface area contributed by atoms with Crippen LogP contribution in [0.3, 0.4) is 0 Å². The standard InChI is InChI=1S/C22H28N4O/c27-21(19-5-2-1-4-18(19)20-23-10-11-24-20)26-13-9-22(16-26)8-3-12-25(15-22)14-17-6-7-17/h1-2,4-5,10-11,17H,3,6-9,12-16H2,(H,23,24)/t22-/m0/s1. The third-order valence-corrected chi connectivity index (χ3v) is 6.59. The summed E-state index contributed by atoms with van der Waals surface area (Å²) in [5, 5.41) is 0. The van der Waals surface area contributed by atoms with E-state index in [0.29, 0.717) is 5.41 Å². The Morgan fingerprint density at radius 3 is 2.89 bits per heavy atom. The van der Waals surface area contributed by atoms with E-state index in [0.717, 1.165) is 42.4 Å². The molecule has 1 aliphatic carbocycles. The normalized spacial score (nSPS) is 26.0. The van der Waals surface area contributed by atoms with Crippen LogP contribution < -0.4 is 0 Å². The van der Waals surface area contributed by atoms with E-state index in [2.05, 4.69) is 19.8 Å². The van der Waals surface area contributed by atoms with E-state index < -0.39 is 0 Å². The van der Waals surface area contributed by atoms with Crippen molar-refractivity contribution in [2.45, 2.75) is 32.1 Å². The summed E-state index contributed by atoms with van der Waals surface area (Å²) in [5.41, 5.74) is 1.96. The molecule has 2 aromatic rings. The number of carbonyl (C=O) groups excluding carboxylic acids is 1. The molecule has 5 heteroatoms. The number of nitrogens with zero attached hydrogens (tertiary/aromatic N) is 3. The average Bonchev–Trinajstić information content (AvgIpc) is 3.18. The Morgan fingerprint density at radius 1 is 1.19 bits per heavy atom. The number of aromatic amines is 1. The molecule has 0 bridgehead atoms. The van der Waals surface area contributed by atoms with Crippen molar-refractivity contribution in [2.24, 2.45) is 11.3 Å². The summed E-state index contributed by atoms with van der Waals surface area (Å²) >= 11 is 0. The summed E-state index contributed by atoms with van der Waals surface area (Å²) in [6.07, 6.45) is 10.0. The predicted molar refractivity (Wildman–Crippen MR) is 105 cm³/mol. The van der Waals surface area contributed by atoms with Gasteiger partial charge in [0, 0.05) is 49.6 Å². The quantitative estimate of drug-likeness (QED) is 0.904. The maximum atomic E-state index is 13.3. The zero-order chi connectivity index (χ0) is 18.3. The van der Waals surface area contributed by atoms with Gasteiger partial charge in [-0.1, -0.05) is 18.2 Å². The Hall–Kier alpha value is -2.14. The van der Waals surface area contributed by atoms with Crippen molar-refractivity contribution in [3.8, 4) is 11.4 Å². The summed E-state index contributed by atoms with van der Waals surface area (Å²) in [6, 6.07) is 7.84. The summed E-state index contributed by atoms with van der Waals surface area (Å²) in [6.45, 7) is 5.47. The number of nitrogens with one attached hydrogen (secondary N) is 1. The number of aromatic nitrogens is 2. The van der Waals surface area contributed by atoms with E-state index in [1.54, 1.807) is 12.4 Å². The van der Waals surface area contributed by atoms with Crippen molar-refractivity contribution in [3.63, 3.8) is 0 Å². The Labute approximate surface area is 160 Å². The van der Waals surface area contributed by atoms with Gasteiger partial charge < -0.3 is 14.8 Å². The molecule has 3 aliphatic rings. The van der Waals surface area contributed by atoms with Crippen LogP contribution >= 0.6 is 0 Å². The average molecular weight is 364 g/mol. The fraction of sp³-hybridized carbons (Fsp3) is 0.545. The van der Waals surface area contributed by atoms with Crippen molar-refractivity contribution in [1.29, 1.82) is 0 Å². The first-order chi connectivity index (χ1) is 13.2. The van der Waals surface area contributed by atoms with Gasteiger partial charge in [-0.15, -0.1) is 0 Å². The van der Waals surface area contributed by atoms with Gasteiger partial charge in [-0.25, -0.2) is 4.98 Å². The van der Waals surface area contributed by atoms with Crippen molar-refractivity contribution in [1.82, 2.24) is 19.8 Å². The van der Waals surface area contributed by atoms with E-state index in [-0.39, 0.29) is 5.91 Å². The van der Waals surface area contributed by atoms with Crippen LogP contribution in [0.4, 0.5) is 0 Å². The zero-order valence-corrected chi connectivity index (χ0v) is 15.9. The molecule has 0 radical (unpaired) electrons. The van der Waals surface area contributed by atoms with Gasteiger partial charge in [0.15, 0.2) is 0 Å². The summed E-state index contributed by atoms with van der Waals surface area (Å²) < 4.78 is 0. The van der Waals surface area contributed by atoms with E-state index in [1.165, 1.54) is 45.3 Å². The Bertz CT molecular complexity index is 813. The maximum Gasteiger partial charge on any atom is 0.254 e. The van der Waals surface area contributed by atoms with Gasteiger partial charge in [-0.3, -0.25) is 4.79 Å². The number of amides is 1. The number of rotatable bonds is 4. The minimum absolute atomic E-state index is 0.151. The van der Waals surface area contributed by atoms with E-state index in [1.807, 2.05) is 24.3 Å². The first kappa shape index (κ1) is 17.0. The number of hydrogen-bond acceptors (Lipinski definition) is 3. The molecule has 3 heterocycles. The summed E-state index contributed by atoms with van der Waals surface area (Å²) in [4.78, 5) is 25.6. The van der Waals surface area contributed by atoms with Gasteiger partial charge in [0.25, 0.3) is 5.91 Å². The third kappa shape index (κ3) is 3.41. The number of hydrogen-bond donors (Lipinski definition) is 1. The molecule has 1 aromatic carbocycles. The highest BCUT2D eigenvalue weighted by Crippen LogP contribution is 2.41. The van der Waals surface area contributed by atoms with Crippen molar-refractivity contribution < 1.29 is 4.79 Å². The molecule has 1 aromatic heterocycles. The minimum atomic E-state index is 0.151. The van der Waals surface area contributed by atoms with Gasteiger partial charge in [0.05, 0.1) is 5.56 Å². The second-order valence-electron chi connectivity index (χ2n) is 8.74. The molecule has 2 saturated heterocycles. The van der Waals surface area contributed by atoms with Gasteiger partial charge in [0.2, 0.25) is 0 Å². The molecule has 1 amide bonds. The molecule has 142 valence electrons. The molecule has 3 fully saturated rings. The lowest BCUT2D eigenvalue weighted by Crippen LogP contribution is -2.46. The Kier molecular flexibility index (Phi) is 4.27. The molecule has 1 saturated carbocycles. The van der Waals surface area contributed by atoms with Crippen molar-refractivity contribution in [2.75, 3.05) is 32.7 Å². The van der Waals surface area contributed by atoms with Gasteiger partial charge in [0.1, 0.15) is 5.82 Å². The van der Waals surface area contributed by atoms with Crippen LogP contribution in [0.15, 0.2) is 36.7 Å². The fourth-order valence-electron chi connectivity index (χ4n) is 5.03. The molecule has 1 N–H and O–H groups in total. The molecule has 2 aliphatic heterocycles. The van der Waals surface area contributed by atoms with Crippen LogP contribution in [0.2, 0.25) is 0 Å². The number of likely N-dealkylation sites (tertiary alicyclic amines) is 2. The minimum Gasteiger partial charge on any atom is -0.345 e. The van der Waals surface area contributed by atoms with Crippen LogP contribution in [-0.4, -0.2) is 58.4 Å². The topological polar surface area (TPSA) is 52.2 Å². The monoisotopic (exact) mass is 364 g/mol. The summed E-state index contributed by atoms with van der Waals surface area (Å²) in [7, 11) is 0. The van der Waals surface area contributed by atoms with Crippen LogP contribution in [0.5, 0.6) is 0 Å². The van der Waals surface area contributed by atoms with Crippen LogP contribution in [0.25, 0.3) is 11.4 Å². The second-order valence-corrected chi connectivity index (χ2v) is 8.74. The Morgan fingerprint density at radius 2 is 2.07 bits per heavy atom. The first-order valence-corrected chi connectivity index (χ1v) is 10.3. The lowest BCUT2D eigenvalue weighted by Gasteiger charge is -2.40. The molecule has 5 rings (SSSR count). The summed E-state index contributed by atoms with van der Waals surface area (Å²) in [5.74, 6) is 1.86. The highest BCUT2D eigenvalue weighted by Gasteiger charge is 2.43. The molecular formula is C22H28N4O. The van der Waals surface area contributed by atoms with E-state index in [9.17, 15) is 4.79 Å². The highest BCUT2D eigenvalue weighted by atomic mass is 16.2. The van der Waals surface area contributed by atoms with Crippen molar-refractivity contribution >= 4 is 5.91 Å². The maximum absolute atomic E-state index is 13.3. The fourth-order valence-corrected chi connectivity index (χ4v) is 5.03. The van der Waals surface area contributed by atoms with E-state index in [4.69, 9.17) is 0 Å². The lowest BCUT2D eigenvalue weighted by atomic mass is 9.79. The molecular weight excluding hydrogens is 336 g/mol. The SMILES string of the molecule is O=C(c1ccccc1-c1ncc[nH]1)N1CC[C@]2(CCCN(CC3CC3)C2)C1. The van der Waals surface area contributed by atoms with Crippen LogP contribution in [0.1, 0.15) is 42.5 Å². The largest absolute Gasteiger partial charge is 0.345 e. The first-order valence-electron chi connectivity index (χ1n) is 10.3. The molecule has 27 heavy (non-hydrogen) atoms. The van der Waals surface area contributed by atoms with Gasteiger partial charge in [-0.05, 0) is 50.6 Å². The molecule has 1 spiro atoms. The smallest absolute Gasteiger partial charge is 0.254 e. The number of piperidine rings is 1. The molecule has 0 unspecified atom stereocenters. The van der Waals surface area contributed by atoms with Crippen LogP contribution in [0, 0.1) is 11.3 Å². The van der Waals surface area contributed by atoms with Crippen molar-refractivity contribution in [3.05, 3.63) is 42.2 Å². The number of imidazole rings is 1. The second kappa shape index (κ2) is 6.79. The number of H-pyrrole nitrogens is 1. The van der Waals surface area contributed by atoms with Gasteiger partial charge in [-0.2, -0.15) is 0 Å². The van der Waals surface area contributed by atoms with Gasteiger partial charge >= 0.3 is 0 Å². The number of carbonyl (C=O) groups is 1. The van der Waals surface area contributed by atoms with Crippen LogP contribution in [-0.2, 0) is 0 Å². The third-order valence-electron chi connectivity index (χ3n) is 6.59. The molecule has 1 atom stereocenters. The Balaban J connectivity index is 1.32. The zero-order valence-electron chi connectivity index (χ0n) is 15.9. The predicted octanol–water partition coefficient (Wildman–Crippen LogP) is 3.41. The lowest BCUT2D eigenvalue weighted by molar-refractivity contribution is 0.0682. The number of benzene rings is 1. The molecule has 5 nitrogen and oxygen atoms in total. The highest BCUT2D eigenvalue weighted by molar-refractivity contribution is 6.00. The van der Waals surface area contributed by atoms with E-state index >= 15 is 0 Å².